The van der Waals surface area contributed by atoms with Gasteiger partial charge < -0.3 is 14.6 Å². The number of ether oxygens (including phenoxy) is 2. The summed E-state index contributed by atoms with van der Waals surface area (Å²) in [6.07, 6.45) is 1.41. The van der Waals surface area contributed by atoms with Crippen LogP contribution in [0.5, 0.6) is 17.4 Å². The number of hydrogen-bond donors (Lipinski definition) is 1. The fourth-order valence-electron chi connectivity index (χ4n) is 3.67. The third kappa shape index (κ3) is 5.87. The van der Waals surface area contributed by atoms with Crippen LogP contribution >= 0.6 is 0 Å². The quantitative estimate of drug-likeness (QED) is 0.479. The summed E-state index contributed by atoms with van der Waals surface area (Å²) in [7, 11) is 1.65. The molecule has 0 aliphatic carbocycles. The van der Waals surface area contributed by atoms with Crippen LogP contribution in [0.15, 0.2) is 54.6 Å². The number of aliphatic hydroxyl groups excluding tert-OH is 1. The molecule has 0 saturated heterocycles. The number of aromatic nitrogens is 2. The predicted octanol–water partition coefficient (Wildman–Crippen LogP) is 4.83. The van der Waals surface area contributed by atoms with Crippen LogP contribution < -0.4 is 9.47 Å². The van der Waals surface area contributed by atoms with Crippen molar-refractivity contribution in [2.45, 2.75) is 46.3 Å². The molecule has 166 valence electrons. The number of aliphatic hydroxyl groups is 1. The van der Waals surface area contributed by atoms with Gasteiger partial charge in [-0.1, -0.05) is 32.0 Å². The Morgan fingerprint density at radius 3 is 2.29 bits per heavy atom. The van der Waals surface area contributed by atoms with Crippen LogP contribution in [0.1, 0.15) is 38.4 Å². The van der Waals surface area contributed by atoms with Crippen LogP contribution in [0.4, 0.5) is 0 Å². The molecule has 0 saturated carbocycles. The molecule has 6 heteroatoms. The van der Waals surface area contributed by atoms with Gasteiger partial charge >= 0.3 is 0 Å². The topological polar surface area (TPSA) is 59.8 Å². The molecule has 3 aromatic rings. The molecular formula is C25H33N3O3. The van der Waals surface area contributed by atoms with Gasteiger partial charge in [-0.25, -0.2) is 4.68 Å². The number of hydrogen-bond acceptors (Lipinski definition) is 5. The molecule has 1 heterocycles. The highest BCUT2D eigenvalue weighted by atomic mass is 16.5. The third-order valence-corrected chi connectivity index (χ3v) is 5.07. The van der Waals surface area contributed by atoms with E-state index >= 15 is 0 Å². The molecule has 0 radical (unpaired) electrons. The first kappa shape index (κ1) is 22.8. The monoisotopic (exact) mass is 423 g/mol. The molecule has 0 amide bonds. The van der Waals surface area contributed by atoms with E-state index in [1.807, 2.05) is 66.2 Å². The van der Waals surface area contributed by atoms with E-state index in [4.69, 9.17) is 14.6 Å². The highest BCUT2D eigenvalue weighted by Gasteiger charge is 2.23. The zero-order valence-electron chi connectivity index (χ0n) is 18.9. The second-order valence-corrected chi connectivity index (χ2v) is 7.69. The largest absolute Gasteiger partial charge is 0.497 e. The van der Waals surface area contributed by atoms with Crippen LogP contribution in [-0.4, -0.2) is 46.1 Å². The van der Waals surface area contributed by atoms with Crippen molar-refractivity contribution < 1.29 is 14.6 Å². The Labute approximate surface area is 185 Å². The van der Waals surface area contributed by atoms with Gasteiger partial charge in [0.25, 0.3) is 0 Å². The molecule has 0 aliphatic heterocycles. The van der Waals surface area contributed by atoms with Crippen molar-refractivity contribution >= 4 is 0 Å². The number of rotatable bonds is 11. The van der Waals surface area contributed by atoms with Crippen LogP contribution in [-0.2, 0) is 13.0 Å². The summed E-state index contributed by atoms with van der Waals surface area (Å²) >= 11 is 0. The second kappa shape index (κ2) is 11.0. The highest BCUT2D eigenvalue weighted by Crippen LogP contribution is 2.33. The molecule has 31 heavy (non-hydrogen) atoms. The molecule has 2 aromatic carbocycles. The minimum absolute atomic E-state index is 0.397. The first-order valence-corrected chi connectivity index (χ1v) is 10.9. The van der Waals surface area contributed by atoms with E-state index in [9.17, 15) is 5.11 Å². The normalized spacial score (nSPS) is 12.2. The van der Waals surface area contributed by atoms with Crippen molar-refractivity contribution in [2.24, 2.45) is 0 Å². The van der Waals surface area contributed by atoms with Gasteiger partial charge in [0.1, 0.15) is 11.5 Å². The van der Waals surface area contributed by atoms with Gasteiger partial charge in [0.05, 0.1) is 30.2 Å². The minimum Gasteiger partial charge on any atom is -0.497 e. The van der Waals surface area contributed by atoms with Gasteiger partial charge in [-0.3, -0.25) is 4.90 Å². The molecular weight excluding hydrogens is 390 g/mol. The molecule has 1 aromatic heterocycles. The van der Waals surface area contributed by atoms with Gasteiger partial charge in [0.2, 0.25) is 5.88 Å². The van der Waals surface area contributed by atoms with Gasteiger partial charge in [0, 0.05) is 13.1 Å². The van der Waals surface area contributed by atoms with Crippen LogP contribution in [0.2, 0.25) is 0 Å². The number of aryl methyl sites for hydroxylation is 1. The van der Waals surface area contributed by atoms with Gasteiger partial charge in [-0.2, -0.15) is 5.10 Å². The minimum atomic E-state index is -0.397. The summed E-state index contributed by atoms with van der Waals surface area (Å²) in [5.41, 5.74) is 3.00. The molecule has 0 bridgehead atoms. The number of nitrogens with zero attached hydrogens (tertiary/aromatic N) is 3. The maximum absolute atomic E-state index is 9.99. The summed E-state index contributed by atoms with van der Waals surface area (Å²) < 4.78 is 13.6. The van der Waals surface area contributed by atoms with Crippen LogP contribution in [0.3, 0.4) is 0 Å². The van der Waals surface area contributed by atoms with Crippen molar-refractivity contribution in [3.05, 3.63) is 65.9 Å². The maximum atomic E-state index is 9.99. The summed E-state index contributed by atoms with van der Waals surface area (Å²) in [4.78, 5) is 2.26. The zero-order chi connectivity index (χ0) is 22.2. The third-order valence-electron chi connectivity index (χ3n) is 5.07. The van der Waals surface area contributed by atoms with Gasteiger partial charge in [-0.05, 0) is 62.7 Å². The number of methoxy groups -OCH3 is 1. The summed E-state index contributed by atoms with van der Waals surface area (Å²) in [6, 6.07) is 17.6. The summed E-state index contributed by atoms with van der Waals surface area (Å²) in [6.45, 7) is 8.25. The SMILES string of the molecule is CCCN(Cc1c(CC)nn(-c2ccccc2)c1Oc1ccc(OC)cc1)C[C@H](C)O. The summed E-state index contributed by atoms with van der Waals surface area (Å²) in [5, 5.41) is 14.9. The Bertz CT molecular complexity index is 937. The van der Waals surface area contributed by atoms with E-state index in [0.717, 1.165) is 47.8 Å². The van der Waals surface area contributed by atoms with Crippen molar-refractivity contribution in [1.29, 1.82) is 0 Å². The molecule has 1 N–H and O–H groups in total. The molecule has 0 spiro atoms. The molecule has 6 nitrogen and oxygen atoms in total. The van der Waals surface area contributed by atoms with Crippen LogP contribution in [0.25, 0.3) is 5.69 Å². The Hall–Kier alpha value is -2.83. The van der Waals surface area contributed by atoms with E-state index in [2.05, 4.69) is 18.7 Å². The number of benzene rings is 2. The van der Waals surface area contributed by atoms with Gasteiger partial charge in [-0.15, -0.1) is 0 Å². The first-order valence-electron chi connectivity index (χ1n) is 10.9. The summed E-state index contributed by atoms with van der Waals surface area (Å²) in [5.74, 6) is 2.21. The van der Waals surface area contributed by atoms with Gasteiger partial charge in [0.15, 0.2) is 0 Å². The lowest BCUT2D eigenvalue weighted by molar-refractivity contribution is 0.122. The molecule has 0 aliphatic rings. The Balaban J connectivity index is 2.05. The second-order valence-electron chi connectivity index (χ2n) is 7.69. The average Bonchev–Trinajstić information content (AvgIpc) is 3.11. The first-order chi connectivity index (χ1) is 15.0. The Morgan fingerprint density at radius 2 is 1.71 bits per heavy atom. The predicted molar refractivity (Wildman–Crippen MR) is 123 cm³/mol. The maximum Gasteiger partial charge on any atom is 0.227 e. The lowest BCUT2D eigenvalue weighted by Crippen LogP contribution is -2.31. The highest BCUT2D eigenvalue weighted by molar-refractivity contribution is 5.44. The fraction of sp³-hybridized carbons (Fsp3) is 0.400. The smallest absolute Gasteiger partial charge is 0.227 e. The standard InChI is InChI=1S/C25H33N3O3/c1-5-16-27(17-19(3)29)18-23-24(6-2)26-28(20-10-8-7-9-11-20)25(23)31-22-14-12-21(30-4)13-15-22/h7-15,19,29H,5-6,16-18H2,1-4H3/t19-/m0/s1. The van der Waals surface area contributed by atoms with E-state index in [1.54, 1.807) is 7.11 Å². The molecule has 0 unspecified atom stereocenters. The van der Waals surface area contributed by atoms with Crippen molar-refractivity contribution in [2.75, 3.05) is 20.2 Å². The van der Waals surface area contributed by atoms with E-state index in [1.165, 1.54) is 0 Å². The van der Waals surface area contributed by atoms with E-state index < -0.39 is 6.10 Å². The molecule has 3 rings (SSSR count). The zero-order valence-corrected chi connectivity index (χ0v) is 18.9. The fourth-order valence-corrected chi connectivity index (χ4v) is 3.67. The van der Waals surface area contributed by atoms with E-state index in [-0.39, 0.29) is 0 Å². The molecule has 0 fully saturated rings. The van der Waals surface area contributed by atoms with E-state index in [0.29, 0.717) is 19.0 Å². The average molecular weight is 424 g/mol. The molecule has 1 atom stereocenters. The Morgan fingerprint density at radius 1 is 1.03 bits per heavy atom. The lowest BCUT2D eigenvalue weighted by atomic mass is 10.1. The van der Waals surface area contributed by atoms with Crippen molar-refractivity contribution in [3.63, 3.8) is 0 Å². The number of para-hydroxylation sites is 1. The lowest BCUT2D eigenvalue weighted by Gasteiger charge is -2.23. The van der Waals surface area contributed by atoms with Crippen molar-refractivity contribution in [3.8, 4) is 23.1 Å². The Kier molecular flexibility index (Phi) is 8.09. The van der Waals surface area contributed by atoms with Crippen LogP contribution in [0, 0.1) is 0 Å². The van der Waals surface area contributed by atoms with Crippen molar-refractivity contribution in [1.82, 2.24) is 14.7 Å².